The molecule has 122 valence electrons. The van der Waals surface area contributed by atoms with Crippen molar-refractivity contribution < 1.29 is 13.2 Å². The number of nitrogens with zero attached hydrogens (tertiary/aromatic N) is 2. The summed E-state index contributed by atoms with van der Waals surface area (Å²) in [5.41, 5.74) is -0.461. The second kappa shape index (κ2) is 6.04. The Kier molecular flexibility index (Phi) is 4.06. The van der Waals surface area contributed by atoms with Gasteiger partial charge in [0.05, 0.1) is 22.7 Å². The van der Waals surface area contributed by atoms with Crippen LogP contribution in [0.2, 0.25) is 0 Å². The number of halogens is 3. The van der Waals surface area contributed by atoms with E-state index < -0.39 is 17.3 Å². The summed E-state index contributed by atoms with van der Waals surface area (Å²) < 4.78 is 39.1. The Hall–Kier alpha value is -2.74. The maximum Gasteiger partial charge on any atom is 0.416 e. The summed E-state index contributed by atoms with van der Waals surface area (Å²) in [4.78, 5) is 15.2. The summed E-state index contributed by atoms with van der Waals surface area (Å²) in [5.74, 6) is 0. The number of hydrogen-bond acceptors (Lipinski definition) is 3. The molecule has 0 amide bonds. The van der Waals surface area contributed by atoms with Crippen LogP contribution < -0.4 is 5.56 Å². The number of aromatic amines is 1. The van der Waals surface area contributed by atoms with Gasteiger partial charge in [0.15, 0.2) is 0 Å². The van der Waals surface area contributed by atoms with Gasteiger partial charge in [0.1, 0.15) is 0 Å². The Morgan fingerprint density at radius 3 is 2.62 bits per heavy atom. The predicted octanol–water partition coefficient (Wildman–Crippen LogP) is 3.96. The van der Waals surface area contributed by atoms with Crippen LogP contribution in [0.3, 0.4) is 0 Å². The number of rotatable bonds is 2. The minimum Gasteiger partial charge on any atom is -0.330 e. The first kappa shape index (κ1) is 16.1. The van der Waals surface area contributed by atoms with Gasteiger partial charge in [-0.1, -0.05) is 24.3 Å². The van der Waals surface area contributed by atoms with E-state index >= 15 is 0 Å². The molecule has 4 nitrogen and oxygen atoms in total. The van der Waals surface area contributed by atoms with E-state index in [1.54, 1.807) is 24.3 Å². The van der Waals surface area contributed by atoms with Gasteiger partial charge in [-0.15, -0.1) is 0 Å². The lowest BCUT2D eigenvalue weighted by Gasteiger charge is -2.06. The fourth-order valence-electron chi connectivity index (χ4n) is 2.18. The molecule has 3 aromatic rings. The van der Waals surface area contributed by atoms with E-state index in [2.05, 4.69) is 10.1 Å². The van der Waals surface area contributed by atoms with Crippen molar-refractivity contribution in [2.75, 3.05) is 0 Å². The van der Waals surface area contributed by atoms with E-state index in [1.165, 1.54) is 12.1 Å². The molecule has 0 radical (unpaired) electrons. The van der Waals surface area contributed by atoms with Crippen molar-refractivity contribution in [1.82, 2.24) is 9.66 Å². The van der Waals surface area contributed by atoms with Gasteiger partial charge in [-0.3, -0.25) is 4.79 Å². The van der Waals surface area contributed by atoms with Gasteiger partial charge in [0, 0.05) is 0 Å². The summed E-state index contributed by atoms with van der Waals surface area (Å²) >= 11 is 5.08. The Balaban J connectivity index is 2.06. The van der Waals surface area contributed by atoms with Crippen molar-refractivity contribution in [2.24, 2.45) is 5.10 Å². The fraction of sp³-hybridized carbons (Fsp3) is 0.0625. The highest BCUT2D eigenvalue weighted by Crippen LogP contribution is 2.29. The quantitative estimate of drug-likeness (QED) is 0.562. The van der Waals surface area contributed by atoms with Gasteiger partial charge >= 0.3 is 6.18 Å². The third-order valence-corrected chi connectivity index (χ3v) is 3.60. The minimum absolute atomic E-state index is 0.0573. The maximum atomic E-state index is 12.7. The second-order valence-corrected chi connectivity index (χ2v) is 5.35. The third kappa shape index (κ3) is 3.13. The number of fused-ring (bicyclic) bond motifs is 1. The standard InChI is InChI=1S/C16H10F3N3OS/c17-16(18,19)11-5-3-4-10(8-11)9-20-22-14(23)12-6-1-2-7-13(12)21-15(22)24/h1-9H,(H,21,24)/b20-9-. The molecule has 3 rings (SSSR count). The number of hydrogen-bond donors (Lipinski definition) is 1. The van der Waals surface area contributed by atoms with Crippen molar-refractivity contribution in [3.63, 3.8) is 0 Å². The monoisotopic (exact) mass is 349 g/mol. The normalized spacial score (nSPS) is 12.1. The van der Waals surface area contributed by atoms with E-state index in [-0.39, 0.29) is 10.3 Å². The second-order valence-electron chi connectivity index (χ2n) is 4.96. The van der Waals surface area contributed by atoms with E-state index in [0.29, 0.717) is 10.9 Å². The molecule has 0 saturated carbocycles. The first-order valence-electron chi connectivity index (χ1n) is 6.82. The summed E-state index contributed by atoms with van der Waals surface area (Å²) in [6.07, 6.45) is -3.28. The lowest BCUT2D eigenvalue weighted by atomic mass is 10.1. The molecule has 0 aliphatic carbocycles. The maximum absolute atomic E-state index is 12.7. The van der Waals surface area contributed by atoms with Crippen molar-refractivity contribution in [3.8, 4) is 0 Å². The van der Waals surface area contributed by atoms with Crippen LogP contribution in [0.15, 0.2) is 58.4 Å². The number of nitrogens with one attached hydrogen (secondary N) is 1. The van der Waals surface area contributed by atoms with E-state index in [9.17, 15) is 18.0 Å². The Labute approximate surface area is 138 Å². The molecule has 1 N–H and O–H groups in total. The van der Waals surface area contributed by atoms with Crippen LogP contribution in [0, 0.1) is 4.77 Å². The molecule has 0 aliphatic rings. The van der Waals surface area contributed by atoms with Crippen LogP contribution in [0.4, 0.5) is 13.2 Å². The first-order chi connectivity index (χ1) is 11.4. The van der Waals surface area contributed by atoms with Crippen molar-refractivity contribution in [2.45, 2.75) is 6.18 Å². The number of aromatic nitrogens is 2. The van der Waals surface area contributed by atoms with Crippen molar-refractivity contribution in [3.05, 3.63) is 74.8 Å². The zero-order valence-corrected chi connectivity index (χ0v) is 12.9. The van der Waals surface area contributed by atoms with Gasteiger partial charge in [0.2, 0.25) is 4.77 Å². The van der Waals surface area contributed by atoms with E-state index in [1.807, 2.05) is 0 Å². The van der Waals surface area contributed by atoms with Crippen LogP contribution in [0.1, 0.15) is 11.1 Å². The molecule has 1 heterocycles. The fourth-order valence-corrected chi connectivity index (χ4v) is 2.42. The molecule has 0 spiro atoms. The lowest BCUT2D eigenvalue weighted by molar-refractivity contribution is -0.137. The van der Waals surface area contributed by atoms with Gasteiger partial charge in [-0.25, -0.2) is 0 Å². The highest BCUT2D eigenvalue weighted by molar-refractivity contribution is 7.71. The number of benzene rings is 2. The largest absolute Gasteiger partial charge is 0.416 e. The molecular formula is C16H10F3N3OS. The molecule has 0 saturated heterocycles. The summed E-state index contributed by atoms with van der Waals surface area (Å²) in [6.45, 7) is 0. The number of H-pyrrole nitrogens is 1. The lowest BCUT2D eigenvalue weighted by Crippen LogP contribution is -2.18. The summed E-state index contributed by atoms with van der Waals surface area (Å²) in [7, 11) is 0. The average Bonchev–Trinajstić information content (AvgIpc) is 2.54. The highest BCUT2D eigenvalue weighted by atomic mass is 32.1. The molecule has 8 heteroatoms. The number of alkyl halides is 3. The molecule has 24 heavy (non-hydrogen) atoms. The van der Waals surface area contributed by atoms with E-state index in [4.69, 9.17) is 12.2 Å². The molecule has 1 aromatic heterocycles. The molecular weight excluding hydrogens is 339 g/mol. The van der Waals surface area contributed by atoms with Crippen LogP contribution >= 0.6 is 12.2 Å². The third-order valence-electron chi connectivity index (χ3n) is 3.32. The minimum atomic E-state index is -4.44. The van der Waals surface area contributed by atoms with Crippen LogP contribution in [-0.4, -0.2) is 15.9 Å². The smallest absolute Gasteiger partial charge is 0.330 e. The van der Waals surface area contributed by atoms with Crippen molar-refractivity contribution in [1.29, 1.82) is 0 Å². The summed E-state index contributed by atoms with van der Waals surface area (Å²) in [6, 6.07) is 11.4. The molecule has 0 aliphatic heterocycles. The average molecular weight is 349 g/mol. The van der Waals surface area contributed by atoms with E-state index in [0.717, 1.165) is 23.0 Å². The van der Waals surface area contributed by atoms with Crippen LogP contribution in [0.25, 0.3) is 10.9 Å². The molecule has 2 aromatic carbocycles. The molecule has 0 bridgehead atoms. The van der Waals surface area contributed by atoms with Gasteiger partial charge < -0.3 is 4.98 Å². The SMILES string of the molecule is O=c1c2ccccc2[nH]c(=S)n1/N=C\c1cccc(C(F)(F)F)c1. The van der Waals surface area contributed by atoms with Crippen LogP contribution in [0.5, 0.6) is 0 Å². The topological polar surface area (TPSA) is 50.1 Å². The Morgan fingerprint density at radius 1 is 1.12 bits per heavy atom. The van der Waals surface area contributed by atoms with Crippen LogP contribution in [-0.2, 0) is 6.18 Å². The zero-order valence-electron chi connectivity index (χ0n) is 12.0. The molecule has 0 unspecified atom stereocenters. The van der Waals surface area contributed by atoms with Gasteiger partial charge in [0.25, 0.3) is 5.56 Å². The first-order valence-corrected chi connectivity index (χ1v) is 7.23. The summed E-state index contributed by atoms with van der Waals surface area (Å²) in [5, 5.41) is 4.31. The Morgan fingerprint density at radius 2 is 1.88 bits per heavy atom. The predicted molar refractivity (Wildman–Crippen MR) is 87.8 cm³/mol. The van der Waals surface area contributed by atoms with Crippen molar-refractivity contribution >= 4 is 29.3 Å². The van der Waals surface area contributed by atoms with Gasteiger partial charge in [-0.05, 0) is 42.0 Å². The number of para-hydroxylation sites is 1. The Bertz CT molecular complexity index is 1050. The molecule has 0 atom stereocenters. The molecule has 0 fully saturated rings. The van der Waals surface area contributed by atoms with Gasteiger partial charge in [-0.2, -0.15) is 22.9 Å². The highest BCUT2D eigenvalue weighted by Gasteiger charge is 2.30. The zero-order chi connectivity index (χ0) is 17.3.